The lowest BCUT2D eigenvalue weighted by molar-refractivity contribution is 1.05. The quantitative estimate of drug-likeness (QED) is 0.614. The molecule has 0 saturated carbocycles. The van der Waals surface area contributed by atoms with Crippen molar-refractivity contribution in [1.82, 2.24) is 0 Å². The van der Waals surface area contributed by atoms with Crippen molar-refractivity contribution in [3.05, 3.63) is 29.3 Å². The maximum absolute atomic E-state index is 7.18. The first-order chi connectivity index (χ1) is 7.69. The van der Waals surface area contributed by atoms with Gasteiger partial charge < -0.3 is 11.1 Å². The van der Waals surface area contributed by atoms with Gasteiger partial charge in [-0.05, 0) is 12.1 Å². The summed E-state index contributed by atoms with van der Waals surface area (Å²) in [6.07, 6.45) is 2.42. The first kappa shape index (κ1) is 12.4. The molecule has 1 rings (SSSR count). The first-order valence-corrected chi connectivity index (χ1v) is 5.14. The zero-order chi connectivity index (χ0) is 12.0. The van der Waals surface area contributed by atoms with Gasteiger partial charge in [-0.1, -0.05) is 30.7 Å². The van der Waals surface area contributed by atoms with E-state index in [2.05, 4.69) is 9.98 Å². The fourth-order valence-corrected chi connectivity index (χ4v) is 1.24. The highest BCUT2D eigenvalue weighted by atomic mass is 35.5. The average Bonchev–Trinajstić information content (AvgIpc) is 2.30. The molecule has 3 N–H and O–H groups in total. The van der Waals surface area contributed by atoms with Gasteiger partial charge in [0, 0.05) is 6.21 Å². The molecule has 0 heterocycles. The topological polar surface area (TPSA) is 74.6 Å². The lowest BCUT2D eigenvalue weighted by atomic mass is 10.2. The van der Waals surface area contributed by atoms with Gasteiger partial charge in [-0.3, -0.25) is 0 Å². The van der Waals surface area contributed by atoms with Crippen molar-refractivity contribution in [2.75, 3.05) is 0 Å². The molecule has 1 aromatic carbocycles. The molecule has 84 valence electrons. The largest absolute Gasteiger partial charge is 0.390 e. The molecule has 0 radical (unpaired) electrons. The number of rotatable bonds is 3. The Morgan fingerprint density at radius 1 is 1.50 bits per heavy atom. The van der Waals surface area contributed by atoms with Crippen LogP contribution in [0.15, 0.2) is 34.3 Å². The molecule has 5 heteroatoms. The number of hydrogen-bond acceptors (Lipinski definition) is 2. The standard InChI is InChI=1S/C11H13ClN4/c1-8(6-13)11(15-7-14)16-10-5-3-2-4-9(10)12/h2-8,13H,1H3,(H2,14,15,16). The summed E-state index contributed by atoms with van der Waals surface area (Å²) in [6, 6.07) is 7.20. The van der Waals surface area contributed by atoms with Gasteiger partial charge in [-0.15, -0.1) is 0 Å². The maximum Gasteiger partial charge on any atom is 0.138 e. The molecule has 0 aliphatic rings. The molecule has 0 saturated heterocycles. The molecule has 4 nitrogen and oxygen atoms in total. The number of halogens is 1. The summed E-state index contributed by atoms with van der Waals surface area (Å²) < 4.78 is 0. The molecule has 0 bridgehead atoms. The lowest BCUT2D eigenvalue weighted by Crippen LogP contribution is -2.11. The third kappa shape index (κ3) is 3.17. The van der Waals surface area contributed by atoms with Gasteiger partial charge in [-0.2, -0.15) is 0 Å². The zero-order valence-corrected chi connectivity index (χ0v) is 9.65. The summed E-state index contributed by atoms with van der Waals surface area (Å²) in [4.78, 5) is 8.20. The van der Waals surface area contributed by atoms with Crippen LogP contribution < -0.4 is 5.73 Å². The molecule has 1 aromatic rings. The number of nitrogens with two attached hydrogens (primary N) is 1. The average molecular weight is 237 g/mol. The van der Waals surface area contributed by atoms with E-state index < -0.39 is 0 Å². The molecule has 0 spiro atoms. The minimum absolute atomic E-state index is 0.198. The number of aliphatic imine (C=N–C) groups is 2. The van der Waals surface area contributed by atoms with E-state index in [1.165, 1.54) is 6.21 Å². The van der Waals surface area contributed by atoms with E-state index in [-0.39, 0.29) is 5.92 Å². The first-order valence-electron chi connectivity index (χ1n) is 4.77. The maximum atomic E-state index is 7.18. The minimum Gasteiger partial charge on any atom is -0.390 e. The fraction of sp³-hybridized carbons (Fsp3) is 0.182. The summed E-state index contributed by atoms with van der Waals surface area (Å²) in [6.45, 7) is 1.82. The second kappa shape index (κ2) is 6.02. The minimum atomic E-state index is -0.198. The van der Waals surface area contributed by atoms with Crippen LogP contribution in [0.2, 0.25) is 5.02 Å². The smallest absolute Gasteiger partial charge is 0.138 e. The lowest BCUT2D eigenvalue weighted by Gasteiger charge is -2.05. The third-order valence-corrected chi connectivity index (χ3v) is 2.27. The predicted octanol–water partition coefficient (Wildman–Crippen LogP) is 2.64. The highest BCUT2D eigenvalue weighted by molar-refractivity contribution is 6.33. The van der Waals surface area contributed by atoms with Crippen molar-refractivity contribution >= 4 is 35.7 Å². The number of benzene rings is 1. The number of nitrogens with zero attached hydrogens (tertiary/aromatic N) is 2. The van der Waals surface area contributed by atoms with Crippen molar-refractivity contribution in [3.63, 3.8) is 0 Å². The van der Waals surface area contributed by atoms with Crippen LogP contribution in [0.5, 0.6) is 0 Å². The van der Waals surface area contributed by atoms with Crippen molar-refractivity contribution in [1.29, 1.82) is 5.41 Å². The molecule has 0 fully saturated rings. The van der Waals surface area contributed by atoms with Crippen LogP contribution in [0.4, 0.5) is 5.69 Å². The molecule has 0 amide bonds. The molecule has 1 atom stereocenters. The molecule has 0 aliphatic carbocycles. The Morgan fingerprint density at radius 3 is 2.75 bits per heavy atom. The van der Waals surface area contributed by atoms with Crippen LogP contribution in [0.1, 0.15) is 6.92 Å². The molecule has 16 heavy (non-hydrogen) atoms. The van der Waals surface area contributed by atoms with E-state index >= 15 is 0 Å². The zero-order valence-electron chi connectivity index (χ0n) is 8.89. The number of para-hydroxylation sites is 1. The van der Waals surface area contributed by atoms with E-state index in [1.807, 2.05) is 19.1 Å². The van der Waals surface area contributed by atoms with Gasteiger partial charge in [0.2, 0.25) is 0 Å². The molecule has 0 aliphatic heterocycles. The monoisotopic (exact) mass is 236 g/mol. The summed E-state index contributed by atoms with van der Waals surface area (Å²) in [7, 11) is 0. The Kier molecular flexibility index (Phi) is 4.66. The predicted molar refractivity (Wildman–Crippen MR) is 69.2 cm³/mol. The Bertz CT molecular complexity index is 426. The van der Waals surface area contributed by atoms with Gasteiger partial charge in [0.25, 0.3) is 0 Å². The SMILES string of the molecule is CC(C=N)C(N=CN)=Nc1ccccc1Cl. The Balaban J connectivity index is 3.12. The van der Waals surface area contributed by atoms with Gasteiger partial charge in [0.05, 0.1) is 23.0 Å². The normalized spacial score (nSPS) is 14.0. The summed E-state index contributed by atoms with van der Waals surface area (Å²) in [5, 5.41) is 7.73. The van der Waals surface area contributed by atoms with E-state index in [4.69, 9.17) is 22.7 Å². The number of amidine groups is 1. The number of nitrogens with one attached hydrogen (secondary N) is 1. The summed E-state index contributed by atoms with van der Waals surface area (Å²) in [5.74, 6) is 0.265. The van der Waals surface area contributed by atoms with Crippen LogP contribution >= 0.6 is 11.6 Å². The van der Waals surface area contributed by atoms with E-state index in [9.17, 15) is 0 Å². The summed E-state index contributed by atoms with van der Waals surface area (Å²) in [5.41, 5.74) is 5.86. The summed E-state index contributed by atoms with van der Waals surface area (Å²) >= 11 is 5.97. The van der Waals surface area contributed by atoms with Gasteiger partial charge in [0.1, 0.15) is 5.84 Å². The van der Waals surface area contributed by atoms with Crippen molar-refractivity contribution < 1.29 is 0 Å². The molecular weight excluding hydrogens is 224 g/mol. The van der Waals surface area contributed by atoms with Gasteiger partial charge >= 0.3 is 0 Å². The van der Waals surface area contributed by atoms with Crippen LogP contribution in [0, 0.1) is 11.3 Å². The van der Waals surface area contributed by atoms with Crippen molar-refractivity contribution in [3.8, 4) is 0 Å². The van der Waals surface area contributed by atoms with Crippen LogP contribution in [-0.2, 0) is 0 Å². The highest BCUT2D eigenvalue weighted by Crippen LogP contribution is 2.24. The van der Waals surface area contributed by atoms with Gasteiger partial charge in [0.15, 0.2) is 0 Å². The third-order valence-electron chi connectivity index (χ3n) is 1.95. The van der Waals surface area contributed by atoms with Crippen molar-refractivity contribution in [2.24, 2.45) is 21.6 Å². The van der Waals surface area contributed by atoms with Gasteiger partial charge in [-0.25, -0.2) is 9.98 Å². The fourth-order valence-electron chi connectivity index (χ4n) is 1.06. The molecular formula is C11H13ClN4. The molecule has 1 unspecified atom stereocenters. The highest BCUT2D eigenvalue weighted by Gasteiger charge is 2.07. The van der Waals surface area contributed by atoms with Crippen LogP contribution in [0.25, 0.3) is 0 Å². The van der Waals surface area contributed by atoms with E-state index in [1.54, 1.807) is 12.1 Å². The van der Waals surface area contributed by atoms with Crippen LogP contribution in [-0.4, -0.2) is 18.4 Å². The van der Waals surface area contributed by atoms with E-state index in [0.717, 1.165) is 6.34 Å². The Hall–Kier alpha value is -1.68. The van der Waals surface area contributed by atoms with Crippen molar-refractivity contribution in [2.45, 2.75) is 6.92 Å². The second-order valence-corrected chi connectivity index (χ2v) is 3.56. The second-order valence-electron chi connectivity index (χ2n) is 3.15. The Morgan fingerprint density at radius 2 is 2.19 bits per heavy atom. The molecule has 0 aromatic heterocycles. The van der Waals surface area contributed by atoms with Crippen LogP contribution in [0.3, 0.4) is 0 Å². The van der Waals surface area contributed by atoms with E-state index in [0.29, 0.717) is 16.5 Å². The number of hydrogen-bond donors (Lipinski definition) is 2. The Labute approximate surface area is 99.4 Å².